The number of carbonyl (C=O) groups excluding carboxylic acids is 5. The topological polar surface area (TPSA) is 153 Å². The summed E-state index contributed by atoms with van der Waals surface area (Å²) < 4.78 is 10.5. The van der Waals surface area contributed by atoms with E-state index in [1.807, 2.05) is 35.2 Å². The number of amides is 4. The van der Waals surface area contributed by atoms with E-state index in [2.05, 4.69) is 5.32 Å². The Morgan fingerprint density at radius 1 is 0.841 bits per heavy atom. The smallest absolute Gasteiger partial charge is 0.413 e. The van der Waals surface area contributed by atoms with Gasteiger partial charge in [0, 0.05) is 50.5 Å². The van der Waals surface area contributed by atoms with Crippen molar-refractivity contribution < 1.29 is 33.4 Å². The number of hydrogen-bond donors (Lipinski definition) is 2. The lowest BCUT2D eigenvalue weighted by molar-refractivity contribution is -0.150. The van der Waals surface area contributed by atoms with Crippen molar-refractivity contribution in [2.45, 2.75) is 33.0 Å². The van der Waals surface area contributed by atoms with Gasteiger partial charge in [0.15, 0.2) is 0 Å². The Balaban J connectivity index is 1.21. The Hall–Kier alpha value is -4.78. The molecule has 0 aromatic heterocycles. The molecule has 2 aromatic carbocycles. The van der Waals surface area contributed by atoms with Crippen LogP contribution in [0.4, 0.5) is 10.5 Å². The van der Waals surface area contributed by atoms with Crippen LogP contribution in [0.3, 0.4) is 0 Å². The lowest BCUT2D eigenvalue weighted by atomic mass is 10.1. The van der Waals surface area contributed by atoms with Crippen molar-refractivity contribution in [2.24, 2.45) is 0 Å². The highest BCUT2D eigenvalue weighted by molar-refractivity contribution is 6.41. The molecule has 2 aromatic rings. The third-order valence-electron chi connectivity index (χ3n) is 7.05. The van der Waals surface area contributed by atoms with Crippen molar-refractivity contribution >= 4 is 41.3 Å². The van der Waals surface area contributed by atoms with Gasteiger partial charge in [0.05, 0.1) is 6.54 Å². The molecule has 0 spiro atoms. The molecule has 0 bridgehead atoms. The van der Waals surface area contributed by atoms with E-state index in [0.717, 1.165) is 5.56 Å². The zero-order chi connectivity index (χ0) is 31.9. The number of amidine groups is 1. The predicted octanol–water partition coefficient (Wildman–Crippen LogP) is 1.60. The Kier molecular flexibility index (Phi) is 10.3. The Bertz CT molecular complexity index is 1380. The molecule has 13 nitrogen and oxygen atoms in total. The lowest BCUT2D eigenvalue weighted by Crippen LogP contribution is -2.58. The second-order valence-electron chi connectivity index (χ2n) is 11.5. The first-order valence-electron chi connectivity index (χ1n) is 14.4. The van der Waals surface area contributed by atoms with E-state index in [1.54, 1.807) is 49.9 Å². The molecule has 0 radical (unpaired) electrons. The average Bonchev–Trinajstić information content (AvgIpc) is 2.98. The van der Waals surface area contributed by atoms with Gasteiger partial charge in [-0.05, 0) is 50.6 Å². The third-order valence-corrected chi connectivity index (χ3v) is 7.05. The van der Waals surface area contributed by atoms with E-state index < -0.39 is 23.5 Å². The van der Waals surface area contributed by atoms with Crippen LogP contribution in [0.2, 0.25) is 0 Å². The quantitative estimate of drug-likeness (QED) is 0.199. The normalized spacial score (nSPS) is 16.0. The summed E-state index contributed by atoms with van der Waals surface area (Å²) in [5.74, 6) is -2.28. The van der Waals surface area contributed by atoms with Gasteiger partial charge in [0.2, 0.25) is 5.91 Å². The number of nitrogens with one attached hydrogen (secondary N) is 2. The molecular weight excluding hydrogens is 568 g/mol. The van der Waals surface area contributed by atoms with Crippen molar-refractivity contribution in [1.29, 1.82) is 5.41 Å². The summed E-state index contributed by atoms with van der Waals surface area (Å²) in [5, 5.41) is 10.5. The standard InChI is InChI=1S/C31H38N6O7/c1-31(2,3)44-30(42)33-27(32)23-9-11-24(12-10-23)37-18-17-36(28(40)29(37)41)19-25(38)35-15-13-34(14-16-35)20-26(39)43-21-22-7-5-4-6-8-22/h4-12H,13-21H2,1-3H3,(H2,32,33,42). The van der Waals surface area contributed by atoms with Crippen LogP contribution >= 0.6 is 0 Å². The zero-order valence-electron chi connectivity index (χ0n) is 25.2. The van der Waals surface area contributed by atoms with Crippen LogP contribution in [0.1, 0.15) is 31.9 Å². The highest BCUT2D eigenvalue weighted by Crippen LogP contribution is 2.19. The van der Waals surface area contributed by atoms with Crippen LogP contribution in [-0.2, 0) is 35.3 Å². The average molecular weight is 607 g/mol. The summed E-state index contributed by atoms with van der Waals surface area (Å²) in [7, 11) is 0. The minimum absolute atomic E-state index is 0.131. The third kappa shape index (κ3) is 8.86. The molecule has 2 N–H and O–H groups in total. The second-order valence-corrected chi connectivity index (χ2v) is 11.5. The fourth-order valence-corrected chi connectivity index (χ4v) is 4.74. The van der Waals surface area contributed by atoms with Crippen LogP contribution in [0.25, 0.3) is 0 Å². The first-order valence-corrected chi connectivity index (χ1v) is 14.4. The maximum absolute atomic E-state index is 13.0. The molecule has 2 heterocycles. The largest absolute Gasteiger partial charge is 0.460 e. The van der Waals surface area contributed by atoms with Gasteiger partial charge in [-0.15, -0.1) is 0 Å². The van der Waals surface area contributed by atoms with Gasteiger partial charge in [0.25, 0.3) is 0 Å². The van der Waals surface area contributed by atoms with Gasteiger partial charge >= 0.3 is 23.9 Å². The van der Waals surface area contributed by atoms with Crippen LogP contribution in [0.15, 0.2) is 54.6 Å². The van der Waals surface area contributed by atoms with Crippen molar-refractivity contribution in [2.75, 3.05) is 57.3 Å². The van der Waals surface area contributed by atoms with Crippen molar-refractivity contribution in [3.63, 3.8) is 0 Å². The number of piperazine rings is 2. The van der Waals surface area contributed by atoms with E-state index in [0.29, 0.717) is 37.4 Å². The van der Waals surface area contributed by atoms with Crippen LogP contribution in [0, 0.1) is 5.41 Å². The van der Waals surface area contributed by atoms with E-state index in [4.69, 9.17) is 14.9 Å². The second kappa shape index (κ2) is 14.1. The monoisotopic (exact) mass is 606 g/mol. The fraction of sp³-hybridized carbons (Fsp3) is 0.419. The number of benzene rings is 2. The van der Waals surface area contributed by atoms with E-state index in [9.17, 15) is 24.0 Å². The number of rotatable bonds is 8. The first-order chi connectivity index (χ1) is 20.9. The molecule has 2 aliphatic rings. The zero-order valence-corrected chi connectivity index (χ0v) is 25.2. The van der Waals surface area contributed by atoms with Gasteiger partial charge in [-0.2, -0.15) is 0 Å². The molecule has 4 rings (SSSR count). The molecule has 234 valence electrons. The van der Waals surface area contributed by atoms with E-state index in [-0.39, 0.29) is 50.5 Å². The molecule has 0 aliphatic carbocycles. The molecule has 2 saturated heterocycles. The van der Waals surface area contributed by atoms with Crippen molar-refractivity contribution in [1.82, 2.24) is 20.0 Å². The molecule has 44 heavy (non-hydrogen) atoms. The molecule has 0 saturated carbocycles. The fourth-order valence-electron chi connectivity index (χ4n) is 4.74. The van der Waals surface area contributed by atoms with Crippen LogP contribution in [0.5, 0.6) is 0 Å². The summed E-state index contributed by atoms with van der Waals surface area (Å²) >= 11 is 0. The van der Waals surface area contributed by atoms with Crippen molar-refractivity contribution in [3.8, 4) is 0 Å². The summed E-state index contributed by atoms with van der Waals surface area (Å²) in [6, 6.07) is 15.7. The number of carbonyl (C=O) groups is 5. The minimum Gasteiger partial charge on any atom is -0.460 e. The Morgan fingerprint density at radius 2 is 1.50 bits per heavy atom. The molecule has 0 atom stereocenters. The number of ether oxygens (including phenoxy) is 2. The van der Waals surface area contributed by atoms with Gasteiger partial charge in [0.1, 0.15) is 24.6 Å². The van der Waals surface area contributed by atoms with E-state index >= 15 is 0 Å². The Morgan fingerprint density at radius 3 is 2.14 bits per heavy atom. The molecule has 2 fully saturated rings. The van der Waals surface area contributed by atoms with Crippen molar-refractivity contribution in [3.05, 3.63) is 65.7 Å². The highest BCUT2D eigenvalue weighted by Gasteiger charge is 2.35. The molecule has 4 amide bonds. The molecular formula is C31H38N6O7. The lowest BCUT2D eigenvalue weighted by Gasteiger charge is -2.37. The summed E-state index contributed by atoms with van der Waals surface area (Å²) in [5.41, 5.74) is 1.06. The number of nitrogens with zero attached hydrogens (tertiary/aromatic N) is 4. The molecule has 0 unspecified atom stereocenters. The SMILES string of the molecule is CC(C)(C)OC(=O)NC(=N)c1ccc(N2CCN(CC(=O)N3CCN(CC(=O)OCc4ccccc4)CC3)C(=O)C2=O)cc1. The highest BCUT2D eigenvalue weighted by atomic mass is 16.6. The number of esters is 1. The molecule has 13 heteroatoms. The maximum atomic E-state index is 13.0. The first kappa shape index (κ1) is 32.1. The number of hydrogen-bond acceptors (Lipinski definition) is 9. The van der Waals surface area contributed by atoms with Crippen LogP contribution in [-0.4, -0.2) is 108 Å². The summed E-state index contributed by atoms with van der Waals surface area (Å²) in [4.78, 5) is 69.1. The maximum Gasteiger partial charge on any atom is 0.413 e. The number of anilines is 1. The Labute approximate surface area is 256 Å². The van der Waals surface area contributed by atoms with Gasteiger partial charge in [-0.25, -0.2) is 4.79 Å². The van der Waals surface area contributed by atoms with Gasteiger partial charge in [-0.3, -0.25) is 34.8 Å². The predicted molar refractivity (Wildman–Crippen MR) is 161 cm³/mol. The summed E-state index contributed by atoms with van der Waals surface area (Å²) in [6.07, 6.45) is -0.751. The van der Waals surface area contributed by atoms with Gasteiger partial charge in [-0.1, -0.05) is 30.3 Å². The minimum atomic E-state index is -0.771. The molecule has 2 aliphatic heterocycles. The number of alkyl carbamates (subject to hydrolysis) is 1. The van der Waals surface area contributed by atoms with Gasteiger partial charge < -0.3 is 24.2 Å². The summed E-state index contributed by atoms with van der Waals surface area (Å²) in [6.45, 7) is 7.46. The van der Waals surface area contributed by atoms with Crippen LogP contribution < -0.4 is 10.2 Å². The van der Waals surface area contributed by atoms with E-state index in [1.165, 1.54) is 9.80 Å².